The number of alkyl halides is 3. The number of rotatable bonds is 7. The van der Waals surface area contributed by atoms with Crippen LogP contribution in [-0.4, -0.2) is 28.7 Å². The number of pyridine rings is 1. The average Bonchev–Trinajstić information content (AvgIpc) is 3.50. The van der Waals surface area contributed by atoms with Crippen molar-refractivity contribution in [2.24, 2.45) is 0 Å². The summed E-state index contributed by atoms with van der Waals surface area (Å²) in [5.74, 6) is -0.0481. The first-order chi connectivity index (χ1) is 15.2. The van der Waals surface area contributed by atoms with Gasteiger partial charge in [-0.1, -0.05) is 11.6 Å². The quantitative estimate of drug-likeness (QED) is 0.405. The number of hydrogen-bond acceptors (Lipinski definition) is 5. The molecule has 1 saturated carbocycles. The molecule has 168 valence electrons. The van der Waals surface area contributed by atoms with E-state index in [2.05, 4.69) is 14.7 Å². The number of aromatic nitrogens is 2. The van der Waals surface area contributed by atoms with Crippen LogP contribution in [0, 0.1) is 6.92 Å². The molecule has 1 aromatic carbocycles. The Kier molecular flexibility index (Phi) is 6.39. The van der Waals surface area contributed by atoms with E-state index in [9.17, 15) is 18.0 Å². The van der Waals surface area contributed by atoms with E-state index < -0.39 is 12.8 Å². The van der Waals surface area contributed by atoms with Gasteiger partial charge in [-0.2, -0.15) is 13.2 Å². The van der Waals surface area contributed by atoms with Gasteiger partial charge >= 0.3 is 6.18 Å². The van der Waals surface area contributed by atoms with Gasteiger partial charge < -0.3 is 9.64 Å². The molecule has 1 amide bonds. The van der Waals surface area contributed by atoms with Gasteiger partial charge in [0.25, 0.3) is 5.91 Å². The number of hydrogen-bond donors (Lipinski definition) is 0. The van der Waals surface area contributed by atoms with E-state index in [1.807, 2.05) is 18.4 Å². The van der Waals surface area contributed by atoms with Crippen molar-refractivity contribution in [1.82, 2.24) is 9.97 Å². The van der Waals surface area contributed by atoms with Crippen molar-refractivity contribution in [3.05, 3.63) is 68.8 Å². The van der Waals surface area contributed by atoms with Gasteiger partial charge in [-0.05, 0) is 49.6 Å². The molecule has 4 rings (SSSR count). The molecule has 3 aromatic rings. The SMILES string of the molecule is Cc1cc(N(Cc2csc(C3CC3)n2)C(=O)c2ccc(OCC(F)(F)F)nc2)ccc1Cl. The second-order valence-corrected chi connectivity index (χ2v) is 8.86. The zero-order valence-electron chi connectivity index (χ0n) is 17.0. The lowest BCUT2D eigenvalue weighted by atomic mass is 10.1. The third-order valence-electron chi connectivity index (χ3n) is 4.88. The Labute approximate surface area is 191 Å². The number of carbonyl (C=O) groups is 1. The predicted octanol–water partition coefficient (Wildman–Crippen LogP) is 6.17. The van der Waals surface area contributed by atoms with Gasteiger partial charge in [0.1, 0.15) is 0 Å². The molecule has 1 fully saturated rings. The lowest BCUT2D eigenvalue weighted by Gasteiger charge is -2.23. The molecule has 0 unspecified atom stereocenters. The van der Waals surface area contributed by atoms with Crippen molar-refractivity contribution in [3.8, 4) is 5.88 Å². The highest BCUT2D eigenvalue weighted by atomic mass is 35.5. The third-order valence-corrected chi connectivity index (χ3v) is 6.36. The fourth-order valence-electron chi connectivity index (χ4n) is 3.06. The Balaban J connectivity index is 1.57. The highest BCUT2D eigenvalue weighted by Crippen LogP contribution is 2.41. The smallest absolute Gasteiger partial charge is 0.422 e. The molecule has 1 aliphatic rings. The van der Waals surface area contributed by atoms with Crippen molar-refractivity contribution in [1.29, 1.82) is 0 Å². The van der Waals surface area contributed by atoms with E-state index in [0.29, 0.717) is 16.6 Å². The molecule has 0 radical (unpaired) electrons. The van der Waals surface area contributed by atoms with E-state index in [1.165, 1.54) is 18.3 Å². The van der Waals surface area contributed by atoms with Crippen LogP contribution in [0.4, 0.5) is 18.9 Å². The number of halogens is 4. The average molecular weight is 482 g/mol. The number of amides is 1. The third kappa shape index (κ3) is 5.58. The Morgan fingerprint density at radius 2 is 2.06 bits per heavy atom. The lowest BCUT2D eigenvalue weighted by Crippen LogP contribution is -2.30. The van der Waals surface area contributed by atoms with Crippen LogP contribution in [0.2, 0.25) is 5.02 Å². The molecule has 0 bridgehead atoms. The maximum Gasteiger partial charge on any atom is 0.422 e. The highest BCUT2D eigenvalue weighted by molar-refractivity contribution is 7.09. The summed E-state index contributed by atoms with van der Waals surface area (Å²) in [5.41, 5.74) is 2.44. The standard InChI is InChI=1S/C22H19ClF3N3O2S/c1-13-8-17(5-6-18(13)23)29(10-16-11-32-20(28-16)14-2-3-14)21(30)15-4-7-19(27-9-15)31-12-22(24,25)26/h4-9,11,14H,2-3,10,12H2,1H3. The Bertz CT molecular complexity index is 1110. The van der Waals surface area contributed by atoms with Crippen molar-refractivity contribution in [2.75, 3.05) is 11.5 Å². The molecular formula is C22H19ClF3N3O2S. The highest BCUT2D eigenvalue weighted by Gasteiger charge is 2.29. The molecule has 0 saturated heterocycles. The minimum absolute atomic E-state index is 0.207. The van der Waals surface area contributed by atoms with Gasteiger partial charge in [-0.3, -0.25) is 4.79 Å². The Morgan fingerprint density at radius 3 is 2.69 bits per heavy atom. The molecule has 1 aliphatic carbocycles. The van der Waals surface area contributed by atoms with Crippen LogP contribution >= 0.6 is 22.9 Å². The van der Waals surface area contributed by atoms with Gasteiger partial charge in [-0.15, -0.1) is 11.3 Å². The second-order valence-electron chi connectivity index (χ2n) is 7.57. The number of carbonyl (C=O) groups excluding carboxylic acids is 1. The zero-order chi connectivity index (χ0) is 22.9. The van der Waals surface area contributed by atoms with Gasteiger partial charge in [0, 0.05) is 34.3 Å². The van der Waals surface area contributed by atoms with Crippen molar-refractivity contribution >= 4 is 34.5 Å². The zero-order valence-corrected chi connectivity index (χ0v) is 18.6. The van der Waals surface area contributed by atoms with Gasteiger partial charge in [-0.25, -0.2) is 9.97 Å². The number of aryl methyl sites for hydroxylation is 1. The van der Waals surface area contributed by atoms with Crippen molar-refractivity contribution in [3.63, 3.8) is 0 Å². The van der Waals surface area contributed by atoms with E-state index in [4.69, 9.17) is 11.6 Å². The van der Waals surface area contributed by atoms with Crippen LogP contribution in [0.1, 0.15) is 45.4 Å². The fraction of sp³-hybridized carbons (Fsp3) is 0.318. The second kappa shape index (κ2) is 9.07. The number of anilines is 1. The molecular weight excluding hydrogens is 463 g/mol. The maximum absolute atomic E-state index is 13.3. The van der Waals surface area contributed by atoms with Crippen LogP contribution in [0.15, 0.2) is 41.9 Å². The molecule has 2 aromatic heterocycles. The van der Waals surface area contributed by atoms with Crippen LogP contribution < -0.4 is 9.64 Å². The van der Waals surface area contributed by atoms with Gasteiger partial charge in [0.05, 0.1) is 22.8 Å². The minimum Gasteiger partial charge on any atom is -0.468 e. The van der Waals surface area contributed by atoms with Crippen molar-refractivity contribution in [2.45, 2.75) is 38.4 Å². The maximum atomic E-state index is 13.3. The summed E-state index contributed by atoms with van der Waals surface area (Å²) in [7, 11) is 0. The number of nitrogens with zero attached hydrogens (tertiary/aromatic N) is 3. The summed E-state index contributed by atoms with van der Waals surface area (Å²) in [4.78, 5) is 23.4. The number of ether oxygens (including phenoxy) is 1. The molecule has 0 spiro atoms. The monoisotopic (exact) mass is 481 g/mol. The predicted molar refractivity (Wildman–Crippen MR) is 117 cm³/mol. The van der Waals surface area contributed by atoms with Crippen LogP contribution in [0.5, 0.6) is 5.88 Å². The van der Waals surface area contributed by atoms with E-state index in [1.54, 1.807) is 28.4 Å². The molecule has 32 heavy (non-hydrogen) atoms. The number of thiazole rings is 1. The van der Waals surface area contributed by atoms with E-state index in [0.717, 1.165) is 29.1 Å². The summed E-state index contributed by atoms with van der Waals surface area (Å²) < 4.78 is 41.6. The summed E-state index contributed by atoms with van der Waals surface area (Å²) in [5, 5.41) is 3.61. The molecule has 5 nitrogen and oxygen atoms in total. The molecule has 0 aliphatic heterocycles. The molecule has 0 atom stereocenters. The van der Waals surface area contributed by atoms with Gasteiger partial charge in [0.2, 0.25) is 5.88 Å². The summed E-state index contributed by atoms with van der Waals surface area (Å²) >= 11 is 7.74. The Morgan fingerprint density at radius 1 is 1.28 bits per heavy atom. The topological polar surface area (TPSA) is 55.3 Å². The normalized spacial score (nSPS) is 13.8. The number of benzene rings is 1. The first-order valence-electron chi connectivity index (χ1n) is 9.87. The van der Waals surface area contributed by atoms with E-state index >= 15 is 0 Å². The minimum atomic E-state index is -4.47. The van der Waals surface area contributed by atoms with Gasteiger partial charge in [0.15, 0.2) is 6.61 Å². The first-order valence-corrected chi connectivity index (χ1v) is 11.1. The molecule has 2 heterocycles. The molecule has 10 heteroatoms. The van der Waals surface area contributed by atoms with Crippen molar-refractivity contribution < 1.29 is 22.7 Å². The first kappa shape index (κ1) is 22.5. The lowest BCUT2D eigenvalue weighted by molar-refractivity contribution is -0.154. The summed E-state index contributed by atoms with van der Waals surface area (Å²) in [6, 6.07) is 7.92. The Hall–Kier alpha value is -2.65. The largest absolute Gasteiger partial charge is 0.468 e. The molecule has 0 N–H and O–H groups in total. The summed E-state index contributed by atoms with van der Waals surface area (Å²) in [6.07, 6.45) is -0.979. The van der Waals surface area contributed by atoms with Crippen LogP contribution in [0.25, 0.3) is 0 Å². The fourth-order valence-corrected chi connectivity index (χ4v) is 4.16. The van der Waals surface area contributed by atoms with Crippen LogP contribution in [0.3, 0.4) is 0 Å². The summed E-state index contributed by atoms with van der Waals surface area (Å²) in [6.45, 7) is 0.642. The van der Waals surface area contributed by atoms with Crippen LogP contribution in [-0.2, 0) is 6.54 Å². The van der Waals surface area contributed by atoms with E-state index in [-0.39, 0.29) is 23.9 Å².